The number of likely N-dealkylation sites (tertiary alicyclic amines) is 1. The second kappa shape index (κ2) is 6.22. The van der Waals surface area contributed by atoms with Crippen LogP contribution < -0.4 is 5.32 Å². The maximum Gasteiger partial charge on any atom is 0.105 e. The lowest BCUT2D eigenvalue weighted by Gasteiger charge is -2.36. The lowest BCUT2D eigenvalue weighted by Crippen LogP contribution is -2.44. The highest BCUT2D eigenvalue weighted by Gasteiger charge is 2.23. The van der Waals surface area contributed by atoms with Crippen LogP contribution in [0.3, 0.4) is 0 Å². The minimum atomic E-state index is 0.584. The number of nitrogens with zero attached hydrogens (tertiary/aromatic N) is 1. The van der Waals surface area contributed by atoms with E-state index in [0.717, 1.165) is 24.6 Å². The van der Waals surface area contributed by atoms with E-state index in [9.17, 15) is 0 Å². The number of nitrogens with one attached hydrogen (secondary N) is 1. The molecule has 1 aromatic rings. The average Bonchev–Trinajstić information content (AvgIpc) is 2.83. The zero-order chi connectivity index (χ0) is 12.1. The molecular formula is C14H24N2O. The fourth-order valence-corrected chi connectivity index (χ4v) is 2.80. The molecule has 0 bridgehead atoms. The van der Waals surface area contributed by atoms with Crippen molar-refractivity contribution in [3.8, 4) is 0 Å². The van der Waals surface area contributed by atoms with E-state index in [1.165, 1.54) is 25.9 Å². The van der Waals surface area contributed by atoms with E-state index in [4.69, 9.17) is 4.42 Å². The molecule has 1 aliphatic heterocycles. The van der Waals surface area contributed by atoms with Gasteiger partial charge in [0.2, 0.25) is 0 Å². The summed E-state index contributed by atoms with van der Waals surface area (Å²) in [6.45, 7) is 5.92. The van der Waals surface area contributed by atoms with E-state index in [1.807, 2.05) is 13.1 Å². The predicted molar refractivity (Wildman–Crippen MR) is 70.1 cm³/mol. The Bertz CT molecular complexity index is 308. The van der Waals surface area contributed by atoms with Gasteiger partial charge in [0, 0.05) is 19.0 Å². The Labute approximate surface area is 104 Å². The van der Waals surface area contributed by atoms with Crippen LogP contribution in [0.1, 0.15) is 25.5 Å². The third-order valence-electron chi connectivity index (χ3n) is 3.74. The molecule has 3 heteroatoms. The summed E-state index contributed by atoms with van der Waals surface area (Å²) in [6, 6.07) is 4.63. The maximum absolute atomic E-state index is 5.43. The second-order valence-electron chi connectivity index (χ2n) is 5.19. The van der Waals surface area contributed by atoms with Gasteiger partial charge in [-0.1, -0.05) is 0 Å². The molecule has 1 aromatic heterocycles. The summed E-state index contributed by atoms with van der Waals surface area (Å²) in [6.07, 6.45) is 5.49. The SMILES string of the molecule is CNCC1CCCN(C(C)Cc2ccco2)C1. The summed E-state index contributed by atoms with van der Waals surface area (Å²) in [4.78, 5) is 2.61. The molecule has 0 spiro atoms. The molecule has 2 heterocycles. The second-order valence-corrected chi connectivity index (χ2v) is 5.19. The van der Waals surface area contributed by atoms with Gasteiger partial charge in [-0.15, -0.1) is 0 Å². The molecule has 0 saturated carbocycles. The van der Waals surface area contributed by atoms with Gasteiger partial charge < -0.3 is 9.73 Å². The van der Waals surface area contributed by atoms with Crippen molar-refractivity contribution in [2.24, 2.45) is 5.92 Å². The number of rotatable bonds is 5. The minimum Gasteiger partial charge on any atom is -0.469 e. The van der Waals surface area contributed by atoms with Crippen molar-refractivity contribution >= 4 is 0 Å². The van der Waals surface area contributed by atoms with Crippen LogP contribution in [0.2, 0.25) is 0 Å². The van der Waals surface area contributed by atoms with Gasteiger partial charge in [-0.25, -0.2) is 0 Å². The molecule has 96 valence electrons. The monoisotopic (exact) mass is 236 g/mol. The van der Waals surface area contributed by atoms with E-state index >= 15 is 0 Å². The maximum atomic E-state index is 5.43. The first-order chi connectivity index (χ1) is 8.29. The van der Waals surface area contributed by atoms with Gasteiger partial charge in [-0.05, 0) is 58.0 Å². The van der Waals surface area contributed by atoms with Gasteiger partial charge in [0.05, 0.1) is 6.26 Å². The molecule has 1 aliphatic rings. The molecule has 0 radical (unpaired) electrons. The van der Waals surface area contributed by atoms with Crippen LogP contribution in [0.15, 0.2) is 22.8 Å². The van der Waals surface area contributed by atoms with Crippen molar-refractivity contribution in [2.75, 3.05) is 26.7 Å². The Morgan fingerprint density at radius 1 is 1.59 bits per heavy atom. The molecular weight excluding hydrogens is 212 g/mol. The molecule has 0 aliphatic carbocycles. The molecule has 3 nitrogen and oxygen atoms in total. The normalized spacial score (nSPS) is 23.8. The zero-order valence-corrected chi connectivity index (χ0v) is 11.0. The van der Waals surface area contributed by atoms with E-state index in [1.54, 1.807) is 6.26 Å². The number of furan rings is 1. The van der Waals surface area contributed by atoms with Crippen molar-refractivity contribution in [1.29, 1.82) is 0 Å². The molecule has 1 N–H and O–H groups in total. The van der Waals surface area contributed by atoms with Crippen LogP contribution in [0, 0.1) is 5.92 Å². The van der Waals surface area contributed by atoms with Gasteiger partial charge in [0.1, 0.15) is 5.76 Å². The smallest absolute Gasteiger partial charge is 0.105 e. The summed E-state index contributed by atoms with van der Waals surface area (Å²) in [5.74, 6) is 1.92. The van der Waals surface area contributed by atoms with Crippen LogP contribution in [0.4, 0.5) is 0 Å². The number of hydrogen-bond acceptors (Lipinski definition) is 3. The number of piperidine rings is 1. The van der Waals surface area contributed by atoms with Gasteiger partial charge in [0.25, 0.3) is 0 Å². The lowest BCUT2D eigenvalue weighted by molar-refractivity contribution is 0.127. The summed E-state index contributed by atoms with van der Waals surface area (Å²) >= 11 is 0. The molecule has 1 fully saturated rings. The number of hydrogen-bond donors (Lipinski definition) is 1. The van der Waals surface area contributed by atoms with Crippen LogP contribution in [-0.4, -0.2) is 37.6 Å². The highest BCUT2D eigenvalue weighted by molar-refractivity contribution is 5.00. The van der Waals surface area contributed by atoms with Crippen LogP contribution in [-0.2, 0) is 6.42 Å². The Morgan fingerprint density at radius 3 is 3.18 bits per heavy atom. The molecule has 0 aromatic carbocycles. The van der Waals surface area contributed by atoms with Crippen LogP contribution in [0.5, 0.6) is 0 Å². The molecule has 0 amide bonds. The third kappa shape index (κ3) is 3.58. The summed E-state index contributed by atoms with van der Waals surface area (Å²) in [5, 5.41) is 3.30. The summed E-state index contributed by atoms with van der Waals surface area (Å²) < 4.78 is 5.43. The Morgan fingerprint density at radius 2 is 2.47 bits per heavy atom. The molecule has 2 rings (SSSR count). The fraction of sp³-hybridized carbons (Fsp3) is 0.714. The predicted octanol–water partition coefficient (Wildman–Crippen LogP) is 2.14. The first-order valence-corrected chi connectivity index (χ1v) is 6.70. The molecule has 1 saturated heterocycles. The van der Waals surface area contributed by atoms with Crippen molar-refractivity contribution in [3.63, 3.8) is 0 Å². The Balaban J connectivity index is 1.84. The van der Waals surface area contributed by atoms with Crippen molar-refractivity contribution < 1.29 is 4.42 Å². The topological polar surface area (TPSA) is 28.4 Å². The largest absolute Gasteiger partial charge is 0.469 e. The Hall–Kier alpha value is -0.800. The van der Waals surface area contributed by atoms with Gasteiger partial charge in [-0.2, -0.15) is 0 Å². The Kier molecular flexibility index (Phi) is 4.63. The zero-order valence-electron chi connectivity index (χ0n) is 11.0. The fourth-order valence-electron chi connectivity index (χ4n) is 2.80. The van der Waals surface area contributed by atoms with Gasteiger partial charge >= 0.3 is 0 Å². The first kappa shape index (κ1) is 12.7. The van der Waals surface area contributed by atoms with E-state index < -0.39 is 0 Å². The lowest BCUT2D eigenvalue weighted by atomic mass is 9.96. The van der Waals surface area contributed by atoms with Crippen molar-refractivity contribution in [1.82, 2.24) is 10.2 Å². The van der Waals surface area contributed by atoms with Crippen LogP contribution >= 0.6 is 0 Å². The standard InChI is InChI=1S/C14H24N2O/c1-12(9-14-6-4-8-17-14)16-7-3-5-13(11-16)10-15-2/h4,6,8,12-13,15H,3,5,7,9-11H2,1-2H3. The summed E-state index contributed by atoms with van der Waals surface area (Å²) in [5.41, 5.74) is 0. The molecule has 2 atom stereocenters. The third-order valence-corrected chi connectivity index (χ3v) is 3.74. The highest BCUT2D eigenvalue weighted by atomic mass is 16.3. The first-order valence-electron chi connectivity index (χ1n) is 6.70. The van der Waals surface area contributed by atoms with E-state index in [-0.39, 0.29) is 0 Å². The van der Waals surface area contributed by atoms with Gasteiger partial charge in [-0.3, -0.25) is 4.90 Å². The van der Waals surface area contributed by atoms with Crippen molar-refractivity contribution in [3.05, 3.63) is 24.2 Å². The quantitative estimate of drug-likeness (QED) is 0.849. The summed E-state index contributed by atoms with van der Waals surface area (Å²) in [7, 11) is 2.05. The highest BCUT2D eigenvalue weighted by Crippen LogP contribution is 2.19. The van der Waals surface area contributed by atoms with Crippen LogP contribution in [0.25, 0.3) is 0 Å². The van der Waals surface area contributed by atoms with Crippen molar-refractivity contribution in [2.45, 2.75) is 32.2 Å². The van der Waals surface area contributed by atoms with Gasteiger partial charge in [0.15, 0.2) is 0 Å². The van der Waals surface area contributed by atoms with E-state index in [0.29, 0.717) is 6.04 Å². The van der Waals surface area contributed by atoms with E-state index in [2.05, 4.69) is 23.2 Å². The molecule has 17 heavy (non-hydrogen) atoms. The molecule has 2 unspecified atom stereocenters. The average molecular weight is 236 g/mol. The minimum absolute atomic E-state index is 0.584.